The lowest BCUT2D eigenvalue weighted by atomic mass is 10.1. The Balaban J connectivity index is 1.98. The summed E-state index contributed by atoms with van der Waals surface area (Å²) in [5, 5.41) is 11.3. The van der Waals surface area contributed by atoms with Gasteiger partial charge in [-0.15, -0.1) is 0 Å². The van der Waals surface area contributed by atoms with Crippen LogP contribution in [-0.2, 0) is 4.79 Å². The van der Waals surface area contributed by atoms with E-state index in [1.807, 2.05) is 0 Å². The van der Waals surface area contributed by atoms with Gasteiger partial charge < -0.3 is 15.3 Å². The molecular formula is C12H12ClFN2O3. The molecule has 1 aromatic carbocycles. The van der Waals surface area contributed by atoms with E-state index in [0.29, 0.717) is 18.7 Å². The number of benzene rings is 1. The van der Waals surface area contributed by atoms with E-state index in [9.17, 15) is 14.0 Å². The van der Waals surface area contributed by atoms with Gasteiger partial charge in [0.1, 0.15) is 5.82 Å². The number of amides is 2. The molecule has 0 aromatic heterocycles. The van der Waals surface area contributed by atoms with Crippen LogP contribution in [0.4, 0.5) is 14.9 Å². The van der Waals surface area contributed by atoms with E-state index in [0.717, 1.165) is 6.07 Å². The molecule has 2 rings (SSSR count). The fraction of sp³-hybridized carbons (Fsp3) is 0.333. The van der Waals surface area contributed by atoms with Crippen molar-refractivity contribution in [2.45, 2.75) is 6.42 Å². The molecule has 1 fully saturated rings. The van der Waals surface area contributed by atoms with Gasteiger partial charge in [-0.1, -0.05) is 11.6 Å². The van der Waals surface area contributed by atoms with Crippen molar-refractivity contribution < 1.29 is 19.1 Å². The number of nitrogens with one attached hydrogen (secondary N) is 1. The van der Waals surface area contributed by atoms with Crippen molar-refractivity contribution in [3.8, 4) is 0 Å². The summed E-state index contributed by atoms with van der Waals surface area (Å²) in [6.07, 6.45) is 0.437. The maximum atomic E-state index is 13.0. The molecule has 7 heteroatoms. The number of carbonyl (C=O) groups excluding carboxylic acids is 1. The van der Waals surface area contributed by atoms with Gasteiger partial charge in [0.05, 0.1) is 10.9 Å². The third-order valence-electron chi connectivity index (χ3n) is 3.00. The molecule has 0 saturated carbocycles. The lowest BCUT2D eigenvalue weighted by Gasteiger charge is -2.16. The quantitative estimate of drug-likeness (QED) is 0.877. The molecule has 2 N–H and O–H groups in total. The van der Waals surface area contributed by atoms with E-state index in [2.05, 4.69) is 5.32 Å². The highest BCUT2D eigenvalue weighted by Gasteiger charge is 2.30. The van der Waals surface area contributed by atoms with Crippen LogP contribution >= 0.6 is 11.6 Å². The number of anilines is 1. The Labute approximate surface area is 114 Å². The summed E-state index contributed by atoms with van der Waals surface area (Å²) in [5.41, 5.74) is 0.371. The fourth-order valence-corrected chi connectivity index (χ4v) is 2.10. The summed E-state index contributed by atoms with van der Waals surface area (Å²) < 4.78 is 13.0. The SMILES string of the molecule is O=C(O)C1CCN(C(=O)Nc2ccc(F)c(Cl)c2)C1. The molecule has 19 heavy (non-hydrogen) atoms. The Morgan fingerprint density at radius 1 is 1.47 bits per heavy atom. The van der Waals surface area contributed by atoms with Crippen LogP contribution in [0.5, 0.6) is 0 Å². The van der Waals surface area contributed by atoms with Crippen molar-refractivity contribution in [1.82, 2.24) is 4.90 Å². The highest BCUT2D eigenvalue weighted by atomic mass is 35.5. The van der Waals surface area contributed by atoms with Crippen LogP contribution in [0.1, 0.15) is 6.42 Å². The van der Waals surface area contributed by atoms with Crippen LogP contribution < -0.4 is 5.32 Å². The van der Waals surface area contributed by atoms with Crippen molar-refractivity contribution in [2.75, 3.05) is 18.4 Å². The lowest BCUT2D eigenvalue weighted by molar-refractivity contribution is -0.141. The number of rotatable bonds is 2. The molecule has 1 aliphatic rings. The predicted octanol–water partition coefficient (Wildman–Crippen LogP) is 2.42. The highest BCUT2D eigenvalue weighted by Crippen LogP contribution is 2.21. The van der Waals surface area contributed by atoms with Gasteiger partial charge in [0.25, 0.3) is 0 Å². The monoisotopic (exact) mass is 286 g/mol. The Bertz CT molecular complexity index is 524. The summed E-state index contributed by atoms with van der Waals surface area (Å²) in [4.78, 5) is 24.1. The summed E-state index contributed by atoms with van der Waals surface area (Å²) in [7, 11) is 0. The Kier molecular flexibility index (Phi) is 3.90. The van der Waals surface area contributed by atoms with E-state index in [-0.39, 0.29) is 11.6 Å². The number of hydrogen-bond donors (Lipinski definition) is 2. The maximum Gasteiger partial charge on any atom is 0.321 e. The molecule has 1 heterocycles. The van der Waals surface area contributed by atoms with E-state index in [4.69, 9.17) is 16.7 Å². The van der Waals surface area contributed by atoms with Crippen LogP contribution in [0.2, 0.25) is 5.02 Å². The molecule has 1 aromatic rings. The summed E-state index contributed by atoms with van der Waals surface area (Å²) in [6.45, 7) is 0.563. The summed E-state index contributed by atoms with van der Waals surface area (Å²) in [6, 6.07) is 3.44. The Morgan fingerprint density at radius 2 is 2.21 bits per heavy atom. The molecule has 0 aliphatic carbocycles. The van der Waals surface area contributed by atoms with Crippen molar-refractivity contribution in [2.24, 2.45) is 5.92 Å². The first-order valence-electron chi connectivity index (χ1n) is 5.71. The van der Waals surface area contributed by atoms with Gasteiger partial charge >= 0.3 is 12.0 Å². The minimum absolute atomic E-state index is 0.0809. The first-order valence-corrected chi connectivity index (χ1v) is 6.09. The van der Waals surface area contributed by atoms with Gasteiger partial charge in [0.15, 0.2) is 0 Å². The van der Waals surface area contributed by atoms with Crippen molar-refractivity contribution in [3.05, 3.63) is 29.0 Å². The Morgan fingerprint density at radius 3 is 2.79 bits per heavy atom. The summed E-state index contributed by atoms with van der Waals surface area (Å²) >= 11 is 5.60. The fourth-order valence-electron chi connectivity index (χ4n) is 1.92. The first kappa shape index (κ1) is 13.6. The number of halogens is 2. The van der Waals surface area contributed by atoms with Crippen molar-refractivity contribution in [1.29, 1.82) is 0 Å². The van der Waals surface area contributed by atoms with Crippen LogP contribution in [0.3, 0.4) is 0 Å². The second-order valence-electron chi connectivity index (χ2n) is 4.33. The van der Waals surface area contributed by atoms with E-state index in [1.54, 1.807) is 0 Å². The summed E-state index contributed by atoms with van der Waals surface area (Å²) in [5.74, 6) is -1.99. The Hall–Kier alpha value is -1.82. The molecule has 102 valence electrons. The normalized spacial score (nSPS) is 18.4. The molecule has 1 atom stereocenters. The van der Waals surface area contributed by atoms with Crippen molar-refractivity contribution >= 4 is 29.3 Å². The largest absolute Gasteiger partial charge is 0.481 e. The third kappa shape index (κ3) is 3.14. The molecule has 0 radical (unpaired) electrons. The number of carboxylic acids is 1. The zero-order valence-electron chi connectivity index (χ0n) is 9.90. The van der Waals surface area contributed by atoms with E-state index >= 15 is 0 Å². The second-order valence-corrected chi connectivity index (χ2v) is 4.74. The number of likely N-dealkylation sites (tertiary alicyclic amines) is 1. The number of aliphatic carboxylic acids is 1. The highest BCUT2D eigenvalue weighted by molar-refractivity contribution is 6.31. The zero-order valence-corrected chi connectivity index (χ0v) is 10.7. The zero-order chi connectivity index (χ0) is 14.0. The standard InChI is InChI=1S/C12H12ClFN2O3/c13-9-5-8(1-2-10(9)14)15-12(19)16-4-3-7(6-16)11(17)18/h1-2,5,7H,3-4,6H2,(H,15,19)(H,17,18). The molecule has 1 unspecified atom stereocenters. The molecule has 1 saturated heterocycles. The number of carboxylic acid groups (broad SMARTS) is 1. The number of carbonyl (C=O) groups is 2. The number of hydrogen-bond acceptors (Lipinski definition) is 2. The second kappa shape index (κ2) is 5.44. The lowest BCUT2D eigenvalue weighted by Crippen LogP contribution is -2.33. The average Bonchev–Trinajstić information content (AvgIpc) is 2.83. The van der Waals surface area contributed by atoms with Gasteiger partial charge in [0, 0.05) is 18.8 Å². The van der Waals surface area contributed by atoms with Crippen LogP contribution in [0, 0.1) is 11.7 Å². The number of nitrogens with zero attached hydrogens (tertiary/aromatic N) is 1. The third-order valence-corrected chi connectivity index (χ3v) is 3.29. The molecular weight excluding hydrogens is 275 g/mol. The van der Waals surface area contributed by atoms with Gasteiger partial charge in [-0.2, -0.15) is 0 Å². The molecule has 1 aliphatic heterocycles. The smallest absolute Gasteiger partial charge is 0.321 e. The molecule has 2 amide bonds. The molecule has 5 nitrogen and oxygen atoms in total. The van der Waals surface area contributed by atoms with Gasteiger partial charge in [-0.3, -0.25) is 4.79 Å². The van der Waals surface area contributed by atoms with Gasteiger partial charge in [-0.25, -0.2) is 9.18 Å². The van der Waals surface area contributed by atoms with Crippen LogP contribution in [0.25, 0.3) is 0 Å². The number of urea groups is 1. The van der Waals surface area contributed by atoms with Crippen LogP contribution in [0.15, 0.2) is 18.2 Å². The minimum atomic E-state index is -0.903. The van der Waals surface area contributed by atoms with Crippen LogP contribution in [-0.4, -0.2) is 35.1 Å². The minimum Gasteiger partial charge on any atom is -0.481 e. The topological polar surface area (TPSA) is 69.6 Å². The van der Waals surface area contributed by atoms with Crippen molar-refractivity contribution in [3.63, 3.8) is 0 Å². The van der Waals surface area contributed by atoms with E-state index in [1.165, 1.54) is 17.0 Å². The first-order chi connectivity index (χ1) is 8.97. The predicted molar refractivity (Wildman–Crippen MR) is 67.7 cm³/mol. The maximum absolute atomic E-state index is 13.0. The van der Waals surface area contributed by atoms with Gasteiger partial charge in [-0.05, 0) is 24.6 Å². The average molecular weight is 287 g/mol. The van der Waals surface area contributed by atoms with Gasteiger partial charge in [0.2, 0.25) is 0 Å². The molecule has 0 spiro atoms. The van der Waals surface area contributed by atoms with E-state index < -0.39 is 23.7 Å². The molecule has 0 bridgehead atoms.